The minimum absolute atomic E-state index is 0.0499. The number of aliphatic hydroxyl groups is 1. The predicted octanol–water partition coefficient (Wildman–Crippen LogP) is 3.89. The van der Waals surface area contributed by atoms with Gasteiger partial charge in [0.05, 0.1) is 13.7 Å². The van der Waals surface area contributed by atoms with Gasteiger partial charge in [0.2, 0.25) is 11.7 Å². The maximum Gasteiger partial charge on any atom is 0.405 e. The van der Waals surface area contributed by atoms with E-state index in [1.165, 1.54) is 51.3 Å². The van der Waals surface area contributed by atoms with E-state index >= 15 is 0 Å². The number of ether oxygens (including phenoxy) is 1. The SMILES string of the molecule is COc1ccc([C@H](NC(=O)[C@H](CO)NC(=O)C(F)(F)c2cccc(Cl)c2)C(=O)C[C@H](C(=O)C(F)(F)C(=O)NCC(F)(F)F)C(C)C)cc1. The molecule has 0 aromatic heterocycles. The molecule has 0 aliphatic heterocycles. The van der Waals surface area contributed by atoms with E-state index in [4.69, 9.17) is 16.3 Å². The number of carbonyl (C=O) groups is 5. The minimum atomic E-state index is -5.07. The van der Waals surface area contributed by atoms with Crippen LogP contribution in [0.5, 0.6) is 5.75 Å². The Balaban J connectivity index is 2.37. The molecule has 0 spiro atoms. The Morgan fingerprint density at radius 1 is 0.896 bits per heavy atom. The van der Waals surface area contributed by atoms with Gasteiger partial charge in [-0.05, 0) is 35.7 Å². The second kappa shape index (κ2) is 16.2. The van der Waals surface area contributed by atoms with Gasteiger partial charge < -0.3 is 25.8 Å². The highest BCUT2D eigenvalue weighted by Gasteiger charge is 2.52. The van der Waals surface area contributed by atoms with Crippen LogP contribution in [0.2, 0.25) is 5.02 Å². The maximum atomic E-state index is 14.8. The van der Waals surface area contributed by atoms with Gasteiger partial charge >= 0.3 is 18.0 Å². The van der Waals surface area contributed by atoms with Crippen molar-refractivity contribution in [3.8, 4) is 5.75 Å². The number of Topliss-reactive ketones (excluding diaryl/α,β-unsaturated/α-hetero) is 2. The molecule has 2 aromatic rings. The van der Waals surface area contributed by atoms with E-state index in [0.717, 1.165) is 23.5 Å². The summed E-state index contributed by atoms with van der Waals surface area (Å²) in [5, 5.41) is 14.4. The summed E-state index contributed by atoms with van der Waals surface area (Å²) in [6.45, 7) is -0.964. The molecule has 10 nitrogen and oxygen atoms in total. The van der Waals surface area contributed by atoms with Crippen molar-refractivity contribution < 1.29 is 64.5 Å². The number of nitrogens with one attached hydrogen (secondary N) is 3. The smallest absolute Gasteiger partial charge is 0.405 e. The number of carbonyl (C=O) groups excluding carboxylic acids is 5. The Labute approximate surface area is 274 Å². The van der Waals surface area contributed by atoms with Gasteiger partial charge in [-0.3, -0.25) is 24.0 Å². The van der Waals surface area contributed by atoms with Crippen LogP contribution in [0.3, 0.4) is 0 Å². The first-order valence-corrected chi connectivity index (χ1v) is 14.3. The summed E-state index contributed by atoms with van der Waals surface area (Å²) in [4.78, 5) is 63.8. The zero-order chi connectivity index (χ0) is 36.6. The van der Waals surface area contributed by atoms with Crippen molar-refractivity contribution in [2.24, 2.45) is 11.8 Å². The lowest BCUT2D eigenvalue weighted by Crippen LogP contribution is -2.54. The highest BCUT2D eigenvalue weighted by atomic mass is 35.5. The lowest BCUT2D eigenvalue weighted by Gasteiger charge is -2.27. The summed E-state index contributed by atoms with van der Waals surface area (Å²) in [5.74, 6) is -21.3. The Morgan fingerprint density at radius 3 is 2.00 bits per heavy atom. The van der Waals surface area contributed by atoms with E-state index in [-0.39, 0.29) is 16.3 Å². The fourth-order valence-corrected chi connectivity index (χ4v) is 4.44. The van der Waals surface area contributed by atoms with Gasteiger partial charge in [0.25, 0.3) is 11.8 Å². The number of hydrogen-bond acceptors (Lipinski definition) is 7. The van der Waals surface area contributed by atoms with Gasteiger partial charge in [0.1, 0.15) is 24.4 Å². The first-order chi connectivity index (χ1) is 22.1. The summed E-state index contributed by atoms with van der Waals surface area (Å²) in [6.07, 6.45) is -6.15. The van der Waals surface area contributed by atoms with Crippen molar-refractivity contribution in [1.29, 1.82) is 0 Å². The largest absolute Gasteiger partial charge is 0.497 e. The highest BCUT2D eigenvalue weighted by molar-refractivity contribution is 6.30. The van der Waals surface area contributed by atoms with Gasteiger partial charge in [-0.2, -0.15) is 30.7 Å². The standard InChI is InChI=1S/C30H31ClF7N3O7/c1-15(2)20(24(44)30(37,38)26(46)39-14-28(32,33)34)12-22(43)23(16-7-9-19(48-3)10-8-16)41-25(45)21(13-42)40-27(47)29(35,36)17-5-4-6-18(31)11-17/h4-11,15,20-21,23,42H,12-14H2,1-3H3,(H,39,46)(H,40,47)(H,41,45)/t20-,21-,23-/m0/s1. The number of methoxy groups -OCH3 is 1. The van der Waals surface area contributed by atoms with Gasteiger partial charge in [-0.1, -0.05) is 49.7 Å². The lowest BCUT2D eigenvalue weighted by atomic mass is 9.82. The van der Waals surface area contributed by atoms with E-state index in [1.54, 1.807) is 5.32 Å². The monoisotopic (exact) mass is 713 g/mol. The van der Waals surface area contributed by atoms with Gasteiger partial charge in [-0.15, -0.1) is 0 Å². The van der Waals surface area contributed by atoms with Crippen LogP contribution in [-0.4, -0.2) is 72.8 Å². The fraction of sp³-hybridized carbons (Fsp3) is 0.433. The van der Waals surface area contributed by atoms with Crippen LogP contribution in [-0.2, 0) is 29.9 Å². The quantitative estimate of drug-likeness (QED) is 0.152. The maximum absolute atomic E-state index is 14.8. The Morgan fingerprint density at radius 2 is 1.50 bits per heavy atom. The molecule has 0 heterocycles. The summed E-state index contributed by atoms with van der Waals surface area (Å²) < 4.78 is 102. The third-order valence-electron chi connectivity index (χ3n) is 6.94. The number of rotatable bonds is 16. The first kappa shape index (κ1) is 39.9. The van der Waals surface area contributed by atoms with Crippen molar-refractivity contribution >= 4 is 40.9 Å². The summed E-state index contributed by atoms with van der Waals surface area (Å²) in [7, 11) is 1.30. The third kappa shape index (κ3) is 10.4. The van der Waals surface area contributed by atoms with Crippen molar-refractivity contribution in [3.63, 3.8) is 0 Å². The summed E-state index contributed by atoms with van der Waals surface area (Å²) >= 11 is 5.72. The number of aliphatic hydroxyl groups excluding tert-OH is 1. The molecular weight excluding hydrogens is 683 g/mol. The number of benzene rings is 2. The van der Waals surface area contributed by atoms with Crippen molar-refractivity contribution in [1.82, 2.24) is 16.0 Å². The zero-order valence-electron chi connectivity index (χ0n) is 25.5. The second-order valence-corrected chi connectivity index (χ2v) is 11.2. The molecule has 0 aliphatic rings. The number of hydrogen-bond donors (Lipinski definition) is 4. The van der Waals surface area contributed by atoms with Crippen molar-refractivity contribution in [2.75, 3.05) is 20.3 Å². The zero-order valence-corrected chi connectivity index (χ0v) is 26.2. The topological polar surface area (TPSA) is 151 Å². The average Bonchev–Trinajstić information content (AvgIpc) is 3.02. The van der Waals surface area contributed by atoms with Gasteiger partial charge in [0.15, 0.2) is 5.78 Å². The van der Waals surface area contributed by atoms with Crippen LogP contribution in [0.4, 0.5) is 30.7 Å². The molecule has 264 valence electrons. The average molecular weight is 714 g/mol. The number of halogens is 8. The Kier molecular flexibility index (Phi) is 13.5. The first-order valence-electron chi connectivity index (χ1n) is 14.0. The molecule has 2 aromatic carbocycles. The molecule has 18 heteroatoms. The molecule has 48 heavy (non-hydrogen) atoms. The van der Waals surface area contributed by atoms with Crippen molar-refractivity contribution in [3.05, 3.63) is 64.7 Å². The minimum Gasteiger partial charge on any atom is -0.497 e. The molecule has 0 radical (unpaired) electrons. The molecular formula is C30H31ClF7N3O7. The summed E-state index contributed by atoms with van der Waals surface area (Å²) in [6, 6.07) is 5.31. The molecule has 2 rings (SSSR count). The normalized spacial score (nSPS) is 14.0. The van der Waals surface area contributed by atoms with Gasteiger partial charge in [0, 0.05) is 22.9 Å². The van der Waals surface area contributed by atoms with E-state index < -0.39 is 96.4 Å². The molecule has 4 N–H and O–H groups in total. The predicted molar refractivity (Wildman–Crippen MR) is 155 cm³/mol. The summed E-state index contributed by atoms with van der Waals surface area (Å²) in [5.41, 5.74) is -0.893. The van der Waals surface area contributed by atoms with Crippen LogP contribution in [0.25, 0.3) is 0 Å². The number of alkyl halides is 7. The fourth-order valence-electron chi connectivity index (χ4n) is 4.25. The number of amides is 3. The molecule has 0 unspecified atom stereocenters. The molecule has 0 saturated carbocycles. The van der Waals surface area contributed by atoms with E-state index in [1.807, 2.05) is 0 Å². The number of ketones is 2. The Hall–Kier alpha value is -4.25. The van der Waals surface area contributed by atoms with E-state index in [2.05, 4.69) is 5.32 Å². The highest BCUT2D eigenvalue weighted by Crippen LogP contribution is 2.32. The van der Waals surface area contributed by atoms with Crippen LogP contribution < -0.4 is 20.7 Å². The van der Waals surface area contributed by atoms with E-state index in [0.29, 0.717) is 0 Å². The van der Waals surface area contributed by atoms with Crippen LogP contribution in [0.1, 0.15) is 37.4 Å². The molecule has 3 atom stereocenters. The molecule has 0 aliphatic carbocycles. The Bertz CT molecular complexity index is 1490. The molecule has 0 saturated heterocycles. The third-order valence-corrected chi connectivity index (χ3v) is 7.18. The second-order valence-electron chi connectivity index (χ2n) is 10.8. The van der Waals surface area contributed by atoms with E-state index in [9.17, 15) is 59.8 Å². The molecule has 0 bridgehead atoms. The van der Waals surface area contributed by atoms with Crippen LogP contribution >= 0.6 is 11.6 Å². The lowest BCUT2D eigenvalue weighted by molar-refractivity contribution is -0.167. The van der Waals surface area contributed by atoms with Gasteiger partial charge in [-0.25, -0.2) is 0 Å². The van der Waals surface area contributed by atoms with Crippen molar-refractivity contribution in [2.45, 2.75) is 50.4 Å². The molecule has 3 amide bonds. The molecule has 0 fully saturated rings. The van der Waals surface area contributed by atoms with Crippen LogP contribution in [0, 0.1) is 11.8 Å². The van der Waals surface area contributed by atoms with Crippen LogP contribution in [0.15, 0.2) is 48.5 Å².